The van der Waals surface area contributed by atoms with E-state index in [1.54, 1.807) is 17.1 Å². The van der Waals surface area contributed by atoms with E-state index in [0.717, 1.165) is 4.47 Å². The van der Waals surface area contributed by atoms with Gasteiger partial charge in [-0.05, 0) is 17.5 Å². The predicted octanol–water partition coefficient (Wildman–Crippen LogP) is 3.63. The summed E-state index contributed by atoms with van der Waals surface area (Å²) < 4.78 is 2.49. The highest BCUT2D eigenvalue weighted by Gasteiger charge is 2.43. The lowest BCUT2D eigenvalue weighted by Crippen LogP contribution is -2.44. The Morgan fingerprint density at radius 3 is 2.55 bits per heavy atom. The molecule has 0 aliphatic carbocycles. The van der Waals surface area contributed by atoms with E-state index in [2.05, 4.69) is 26.0 Å². The Morgan fingerprint density at radius 1 is 1.35 bits per heavy atom. The summed E-state index contributed by atoms with van der Waals surface area (Å²) >= 11 is 9.71. The smallest absolute Gasteiger partial charge is 0.137 e. The third kappa shape index (κ3) is 2.90. The van der Waals surface area contributed by atoms with Crippen molar-refractivity contribution in [3.63, 3.8) is 0 Å². The van der Waals surface area contributed by atoms with Crippen LogP contribution in [0, 0.1) is 5.41 Å². The van der Waals surface area contributed by atoms with Gasteiger partial charge in [0.05, 0.1) is 6.54 Å². The molecule has 20 heavy (non-hydrogen) atoms. The van der Waals surface area contributed by atoms with Gasteiger partial charge in [-0.2, -0.15) is 5.10 Å². The molecule has 0 saturated heterocycles. The molecule has 1 N–H and O–H groups in total. The van der Waals surface area contributed by atoms with Crippen LogP contribution in [0.2, 0.25) is 5.02 Å². The van der Waals surface area contributed by atoms with Gasteiger partial charge < -0.3 is 5.11 Å². The first-order valence-electron chi connectivity index (χ1n) is 6.24. The Labute approximate surface area is 131 Å². The number of aliphatic hydroxyl groups is 1. The van der Waals surface area contributed by atoms with Gasteiger partial charge in [-0.3, -0.25) is 0 Å². The van der Waals surface area contributed by atoms with Crippen LogP contribution in [0.25, 0.3) is 0 Å². The lowest BCUT2D eigenvalue weighted by molar-refractivity contribution is -0.0804. The van der Waals surface area contributed by atoms with Gasteiger partial charge in [0, 0.05) is 15.1 Å². The fourth-order valence-corrected chi connectivity index (χ4v) is 2.93. The van der Waals surface area contributed by atoms with Gasteiger partial charge in [0.1, 0.15) is 18.3 Å². The largest absolute Gasteiger partial charge is 0.383 e. The molecule has 0 spiro atoms. The third-order valence-corrected chi connectivity index (χ3v) is 4.28. The van der Waals surface area contributed by atoms with Crippen molar-refractivity contribution in [1.82, 2.24) is 14.8 Å². The maximum atomic E-state index is 11.3. The van der Waals surface area contributed by atoms with Crippen molar-refractivity contribution >= 4 is 27.5 Å². The van der Waals surface area contributed by atoms with Gasteiger partial charge in [-0.15, -0.1) is 0 Å². The van der Waals surface area contributed by atoms with Gasteiger partial charge in [0.25, 0.3) is 0 Å². The fraction of sp³-hybridized carbons (Fsp3) is 0.429. The summed E-state index contributed by atoms with van der Waals surface area (Å²) in [7, 11) is 0. The molecule has 0 radical (unpaired) electrons. The van der Waals surface area contributed by atoms with Gasteiger partial charge in [-0.25, -0.2) is 9.67 Å². The zero-order valence-corrected chi connectivity index (χ0v) is 14.0. The summed E-state index contributed by atoms with van der Waals surface area (Å²) in [6.07, 6.45) is 3.04. The minimum Gasteiger partial charge on any atom is -0.383 e. The molecule has 0 bridgehead atoms. The van der Waals surface area contributed by atoms with Crippen LogP contribution in [0.15, 0.2) is 35.3 Å². The molecular formula is C14H17BrClN3O. The molecule has 0 amide bonds. The van der Waals surface area contributed by atoms with E-state index in [9.17, 15) is 5.11 Å². The van der Waals surface area contributed by atoms with Crippen LogP contribution >= 0.6 is 27.5 Å². The average molecular weight is 359 g/mol. The maximum Gasteiger partial charge on any atom is 0.137 e. The molecule has 0 aliphatic heterocycles. The molecule has 1 atom stereocenters. The van der Waals surface area contributed by atoms with E-state index in [0.29, 0.717) is 10.6 Å². The van der Waals surface area contributed by atoms with Crippen LogP contribution in [0.4, 0.5) is 0 Å². The molecule has 2 aromatic rings. The number of halogens is 2. The van der Waals surface area contributed by atoms with Gasteiger partial charge >= 0.3 is 0 Å². The molecule has 0 saturated carbocycles. The quantitative estimate of drug-likeness (QED) is 0.911. The highest BCUT2D eigenvalue weighted by atomic mass is 79.9. The second-order valence-corrected chi connectivity index (χ2v) is 7.15. The SMILES string of the molecule is CC(C)(C)C(O)(Cn1cncn1)c1ccc(Br)cc1Cl. The summed E-state index contributed by atoms with van der Waals surface area (Å²) in [6, 6.07) is 5.50. The van der Waals surface area contributed by atoms with E-state index >= 15 is 0 Å². The topological polar surface area (TPSA) is 50.9 Å². The molecule has 1 heterocycles. The number of benzene rings is 1. The summed E-state index contributed by atoms with van der Waals surface area (Å²) in [4.78, 5) is 3.92. The molecular weight excluding hydrogens is 342 g/mol. The van der Waals surface area contributed by atoms with Crippen LogP contribution in [0.5, 0.6) is 0 Å². The maximum absolute atomic E-state index is 11.3. The van der Waals surface area contributed by atoms with E-state index in [1.165, 1.54) is 6.33 Å². The number of hydrogen-bond donors (Lipinski definition) is 1. The minimum atomic E-state index is -1.15. The molecule has 108 valence electrons. The van der Waals surface area contributed by atoms with E-state index in [1.807, 2.05) is 32.9 Å². The molecule has 0 aliphatic rings. The van der Waals surface area contributed by atoms with Crippen molar-refractivity contribution in [1.29, 1.82) is 0 Å². The highest BCUT2D eigenvalue weighted by Crippen LogP contribution is 2.43. The first kappa shape index (κ1) is 15.5. The normalized spacial score (nSPS) is 15.1. The molecule has 1 unspecified atom stereocenters. The molecule has 4 nitrogen and oxygen atoms in total. The van der Waals surface area contributed by atoms with Crippen molar-refractivity contribution in [3.8, 4) is 0 Å². The fourth-order valence-electron chi connectivity index (χ4n) is 2.10. The molecule has 6 heteroatoms. The van der Waals surface area contributed by atoms with Gasteiger partial charge in [0.15, 0.2) is 0 Å². The van der Waals surface area contributed by atoms with Crippen molar-refractivity contribution in [3.05, 3.63) is 45.9 Å². The second kappa shape index (κ2) is 5.47. The van der Waals surface area contributed by atoms with Crippen molar-refractivity contribution in [2.24, 2.45) is 5.41 Å². The molecule has 1 aromatic heterocycles. The Balaban J connectivity index is 2.52. The van der Waals surface area contributed by atoms with E-state index in [4.69, 9.17) is 11.6 Å². The molecule has 1 aromatic carbocycles. The van der Waals surface area contributed by atoms with Crippen LogP contribution in [-0.4, -0.2) is 19.9 Å². The standard InChI is InChI=1S/C14H17BrClN3O/c1-13(2,3)14(20,7-19-9-17-8-18-19)11-5-4-10(15)6-12(11)16/h4-6,8-9,20H,7H2,1-3H3. The summed E-state index contributed by atoms with van der Waals surface area (Å²) in [5.41, 5.74) is -0.889. The van der Waals surface area contributed by atoms with Crippen molar-refractivity contribution < 1.29 is 5.11 Å². The number of nitrogens with zero attached hydrogens (tertiary/aromatic N) is 3. The number of aromatic nitrogens is 3. The first-order chi connectivity index (χ1) is 9.24. The zero-order chi connectivity index (χ0) is 15.0. The monoisotopic (exact) mass is 357 g/mol. The van der Waals surface area contributed by atoms with Gasteiger partial charge in [0.2, 0.25) is 0 Å². The van der Waals surface area contributed by atoms with Crippen LogP contribution in [-0.2, 0) is 12.1 Å². The highest BCUT2D eigenvalue weighted by molar-refractivity contribution is 9.10. The van der Waals surface area contributed by atoms with E-state index in [-0.39, 0.29) is 6.54 Å². The third-order valence-electron chi connectivity index (χ3n) is 3.47. The van der Waals surface area contributed by atoms with Crippen LogP contribution < -0.4 is 0 Å². The lowest BCUT2D eigenvalue weighted by Gasteiger charge is -2.41. The molecule has 0 fully saturated rings. The number of hydrogen-bond acceptors (Lipinski definition) is 3. The lowest BCUT2D eigenvalue weighted by atomic mass is 9.72. The Hall–Kier alpha value is -0.910. The van der Waals surface area contributed by atoms with Crippen LogP contribution in [0.1, 0.15) is 26.3 Å². The Bertz CT molecular complexity index is 595. The minimum absolute atomic E-state index is 0.290. The van der Waals surface area contributed by atoms with Gasteiger partial charge in [-0.1, -0.05) is 54.4 Å². The Morgan fingerprint density at radius 2 is 2.05 bits per heavy atom. The summed E-state index contributed by atoms with van der Waals surface area (Å²) in [5, 5.41) is 15.9. The molecule has 2 rings (SSSR count). The average Bonchev–Trinajstić information content (AvgIpc) is 2.79. The van der Waals surface area contributed by atoms with Crippen LogP contribution in [0.3, 0.4) is 0 Å². The summed E-state index contributed by atoms with van der Waals surface area (Å²) in [6.45, 7) is 6.21. The first-order valence-corrected chi connectivity index (χ1v) is 7.41. The second-order valence-electron chi connectivity index (χ2n) is 5.83. The predicted molar refractivity (Wildman–Crippen MR) is 82.5 cm³/mol. The van der Waals surface area contributed by atoms with Crippen molar-refractivity contribution in [2.45, 2.75) is 32.9 Å². The Kier molecular flexibility index (Phi) is 4.23. The van der Waals surface area contributed by atoms with E-state index < -0.39 is 11.0 Å². The zero-order valence-electron chi connectivity index (χ0n) is 11.6. The number of rotatable bonds is 3. The van der Waals surface area contributed by atoms with Crippen molar-refractivity contribution in [2.75, 3.05) is 0 Å². The summed E-state index contributed by atoms with van der Waals surface area (Å²) in [5.74, 6) is 0.